The third kappa shape index (κ3) is 7.39. The van der Waals surface area contributed by atoms with E-state index in [1.54, 1.807) is 0 Å². The van der Waals surface area contributed by atoms with E-state index in [4.69, 9.17) is 0 Å². The zero-order valence-corrected chi connectivity index (χ0v) is 18.4. The van der Waals surface area contributed by atoms with Crippen LogP contribution in [0.3, 0.4) is 0 Å². The molecule has 2 rings (SSSR count). The molecule has 2 aromatic rings. The van der Waals surface area contributed by atoms with Crippen molar-refractivity contribution < 1.29 is 9.59 Å². The van der Waals surface area contributed by atoms with Gasteiger partial charge in [-0.2, -0.15) is 0 Å². The maximum Gasteiger partial charge on any atom is 0.237 e. The molecule has 1 atom stereocenters. The summed E-state index contributed by atoms with van der Waals surface area (Å²) < 4.78 is 0.853. The fraction of sp³-hybridized carbons (Fsp3) is 0.333. The predicted octanol–water partition coefficient (Wildman–Crippen LogP) is 5.94. The minimum atomic E-state index is -0.251. The molecule has 2 N–H and O–H groups in total. The fourth-order valence-electron chi connectivity index (χ4n) is 2.36. The summed E-state index contributed by atoms with van der Waals surface area (Å²) in [5, 5.41) is 5.58. The molecule has 4 nitrogen and oxygen atoms in total. The van der Waals surface area contributed by atoms with Crippen molar-refractivity contribution in [2.75, 3.05) is 10.6 Å². The third-order valence-electron chi connectivity index (χ3n) is 3.64. The van der Waals surface area contributed by atoms with Crippen LogP contribution in [0.5, 0.6) is 0 Å². The van der Waals surface area contributed by atoms with E-state index in [2.05, 4.69) is 26.6 Å². The second-order valence-electron chi connectivity index (χ2n) is 7.54. The van der Waals surface area contributed by atoms with E-state index in [9.17, 15) is 9.59 Å². The second-order valence-corrected chi connectivity index (χ2v) is 9.81. The molecule has 144 valence electrons. The number of amides is 2. The minimum absolute atomic E-state index is 0.00378. The first-order valence-electron chi connectivity index (χ1n) is 8.76. The van der Waals surface area contributed by atoms with Crippen molar-refractivity contribution in [2.24, 2.45) is 5.41 Å². The highest BCUT2D eigenvalue weighted by Gasteiger charge is 2.17. The van der Waals surface area contributed by atoms with Gasteiger partial charge in [0.15, 0.2) is 0 Å². The summed E-state index contributed by atoms with van der Waals surface area (Å²) in [5.41, 5.74) is 1.47. The summed E-state index contributed by atoms with van der Waals surface area (Å²) in [6.07, 6.45) is 0.468. The van der Waals surface area contributed by atoms with E-state index in [0.717, 1.165) is 20.7 Å². The monoisotopic (exact) mass is 448 g/mol. The normalized spacial score (nSPS) is 12.3. The maximum atomic E-state index is 12.4. The van der Waals surface area contributed by atoms with Crippen LogP contribution in [-0.4, -0.2) is 17.1 Å². The van der Waals surface area contributed by atoms with Gasteiger partial charge in [0.25, 0.3) is 0 Å². The number of benzene rings is 2. The van der Waals surface area contributed by atoms with Crippen molar-refractivity contribution >= 4 is 50.9 Å². The zero-order valence-electron chi connectivity index (χ0n) is 16.0. The van der Waals surface area contributed by atoms with Gasteiger partial charge in [-0.25, -0.2) is 0 Å². The number of halogens is 1. The molecule has 0 aliphatic rings. The average molecular weight is 449 g/mol. The van der Waals surface area contributed by atoms with Crippen molar-refractivity contribution in [3.8, 4) is 0 Å². The van der Waals surface area contributed by atoms with Crippen LogP contribution in [-0.2, 0) is 9.59 Å². The summed E-state index contributed by atoms with van der Waals surface area (Å²) in [5.74, 6) is -0.0569. The largest absolute Gasteiger partial charge is 0.326 e. The lowest BCUT2D eigenvalue weighted by atomic mass is 9.92. The van der Waals surface area contributed by atoms with Gasteiger partial charge >= 0.3 is 0 Å². The van der Waals surface area contributed by atoms with E-state index >= 15 is 0 Å². The quantitative estimate of drug-likeness (QED) is 0.537. The fourth-order valence-corrected chi connectivity index (χ4v) is 3.61. The number of hydrogen-bond donors (Lipinski definition) is 2. The molecule has 0 fully saturated rings. The number of rotatable bonds is 6. The van der Waals surface area contributed by atoms with Gasteiger partial charge in [0.1, 0.15) is 0 Å². The Morgan fingerprint density at radius 3 is 2.26 bits per heavy atom. The topological polar surface area (TPSA) is 58.2 Å². The van der Waals surface area contributed by atoms with Gasteiger partial charge in [-0.15, -0.1) is 11.8 Å². The predicted molar refractivity (Wildman–Crippen MR) is 117 cm³/mol. The number of anilines is 2. The first kappa shape index (κ1) is 21.5. The molecule has 2 aromatic carbocycles. The molecule has 0 radical (unpaired) electrons. The molecule has 2 amide bonds. The molecule has 1 unspecified atom stereocenters. The molecular weight excluding hydrogens is 424 g/mol. The Kier molecular flexibility index (Phi) is 7.50. The van der Waals surface area contributed by atoms with Gasteiger partial charge in [0.05, 0.1) is 10.9 Å². The molecule has 0 heterocycles. The zero-order chi connectivity index (χ0) is 20.0. The number of para-hydroxylation sites is 1. The van der Waals surface area contributed by atoms with Crippen LogP contribution < -0.4 is 10.6 Å². The molecule has 0 saturated carbocycles. The van der Waals surface area contributed by atoms with Crippen molar-refractivity contribution in [1.82, 2.24) is 0 Å². The van der Waals surface area contributed by atoms with Crippen LogP contribution in [0.2, 0.25) is 0 Å². The number of carbonyl (C=O) groups is 2. The van der Waals surface area contributed by atoms with Crippen LogP contribution in [0.4, 0.5) is 11.4 Å². The summed E-state index contributed by atoms with van der Waals surface area (Å²) >= 11 is 4.90. The van der Waals surface area contributed by atoms with Crippen LogP contribution in [0.1, 0.15) is 34.1 Å². The highest BCUT2D eigenvalue weighted by atomic mass is 79.9. The Bertz CT molecular complexity index is 801. The van der Waals surface area contributed by atoms with E-state index in [1.807, 2.05) is 76.2 Å². The van der Waals surface area contributed by atoms with Gasteiger partial charge in [-0.1, -0.05) is 32.9 Å². The van der Waals surface area contributed by atoms with Crippen molar-refractivity contribution in [2.45, 2.75) is 44.3 Å². The summed E-state index contributed by atoms with van der Waals surface area (Å²) in [6.45, 7) is 7.97. The Balaban J connectivity index is 1.90. The molecule has 0 aromatic heterocycles. The third-order valence-corrected chi connectivity index (χ3v) is 5.45. The van der Waals surface area contributed by atoms with Gasteiger partial charge in [0.2, 0.25) is 11.8 Å². The van der Waals surface area contributed by atoms with E-state index < -0.39 is 0 Å². The van der Waals surface area contributed by atoms with Crippen LogP contribution in [0.15, 0.2) is 57.9 Å². The lowest BCUT2D eigenvalue weighted by molar-refractivity contribution is -0.118. The van der Waals surface area contributed by atoms with Crippen molar-refractivity contribution in [3.63, 3.8) is 0 Å². The van der Waals surface area contributed by atoms with E-state index in [-0.39, 0.29) is 22.5 Å². The van der Waals surface area contributed by atoms with Crippen molar-refractivity contribution in [1.29, 1.82) is 0 Å². The number of thioether (sulfide) groups is 1. The first-order valence-corrected chi connectivity index (χ1v) is 10.4. The second kappa shape index (κ2) is 9.42. The van der Waals surface area contributed by atoms with Gasteiger partial charge in [-0.3, -0.25) is 9.59 Å². The van der Waals surface area contributed by atoms with Gasteiger partial charge < -0.3 is 10.6 Å². The smallest absolute Gasteiger partial charge is 0.237 e. The van der Waals surface area contributed by atoms with Crippen LogP contribution in [0.25, 0.3) is 0 Å². The molecule has 0 bridgehead atoms. The Morgan fingerprint density at radius 1 is 1.04 bits per heavy atom. The van der Waals surface area contributed by atoms with Crippen molar-refractivity contribution in [3.05, 3.63) is 53.0 Å². The molecule has 0 saturated heterocycles. The first-order chi connectivity index (χ1) is 12.6. The number of hydrogen-bond acceptors (Lipinski definition) is 3. The Labute approximate surface area is 173 Å². The van der Waals surface area contributed by atoms with Gasteiger partial charge in [-0.05, 0) is 64.7 Å². The lowest BCUT2D eigenvalue weighted by Crippen LogP contribution is -2.22. The molecule has 0 spiro atoms. The number of carbonyl (C=O) groups excluding carboxylic acids is 2. The molecular formula is C21H25BrN2O2S. The Hall–Kier alpha value is -1.79. The minimum Gasteiger partial charge on any atom is -0.326 e. The Morgan fingerprint density at radius 2 is 1.67 bits per heavy atom. The van der Waals surface area contributed by atoms with E-state index in [1.165, 1.54) is 11.8 Å². The molecule has 27 heavy (non-hydrogen) atoms. The highest BCUT2D eigenvalue weighted by Crippen LogP contribution is 2.27. The highest BCUT2D eigenvalue weighted by molar-refractivity contribution is 9.10. The summed E-state index contributed by atoms with van der Waals surface area (Å²) in [6, 6.07) is 15.1. The van der Waals surface area contributed by atoms with Crippen LogP contribution >= 0.6 is 27.7 Å². The standard InChI is InChI=1S/C21H25BrN2O2S/c1-14(20(26)24-18-8-6-5-7-17(18)22)27-16-11-9-15(10-12-16)23-19(25)13-21(2,3)4/h5-12,14H,13H2,1-4H3,(H,23,25)(H,24,26). The molecule has 6 heteroatoms. The molecule has 0 aliphatic carbocycles. The van der Waals surface area contributed by atoms with E-state index in [0.29, 0.717) is 6.42 Å². The maximum absolute atomic E-state index is 12.4. The molecule has 0 aliphatic heterocycles. The summed E-state index contributed by atoms with van der Waals surface area (Å²) in [7, 11) is 0. The summed E-state index contributed by atoms with van der Waals surface area (Å²) in [4.78, 5) is 25.4. The lowest BCUT2D eigenvalue weighted by Gasteiger charge is -2.17. The SMILES string of the molecule is CC(Sc1ccc(NC(=O)CC(C)(C)C)cc1)C(=O)Nc1ccccc1Br. The number of nitrogens with one attached hydrogen (secondary N) is 2. The van der Waals surface area contributed by atoms with Crippen LogP contribution in [0, 0.1) is 5.41 Å². The van der Waals surface area contributed by atoms with Gasteiger partial charge in [0, 0.05) is 21.5 Å². The average Bonchev–Trinajstić information content (AvgIpc) is 2.57.